The van der Waals surface area contributed by atoms with Crippen LogP contribution in [0.5, 0.6) is 0 Å². The summed E-state index contributed by atoms with van der Waals surface area (Å²) in [5.74, 6) is -2.03. The van der Waals surface area contributed by atoms with E-state index in [4.69, 9.17) is 0 Å². The first kappa shape index (κ1) is 17.8. The van der Waals surface area contributed by atoms with Crippen LogP contribution in [0.2, 0.25) is 0 Å². The summed E-state index contributed by atoms with van der Waals surface area (Å²) in [6.07, 6.45) is -4.94. The number of nitrogens with zero attached hydrogens (tertiary/aromatic N) is 1. The second-order valence-corrected chi connectivity index (χ2v) is 5.90. The number of non-ortho nitro benzene ring substituents is 1. The number of anilines is 1. The van der Waals surface area contributed by atoms with Crippen molar-refractivity contribution in [3.8, 4) is 0 Å². The number of hydrogen-bond acceptors (Lipinski definition) is 4. The Hall–Kier alpha value is -2.55. The molecule has 2 aromatic carbocycles. The molecular formula is C15H11F3N2O3S. The summed E-state index contributed by atoms with van der Waals surface area (Å²) in [5, 5.41) is 12.5. The minimum atomic E-state index is -4.94. The lowest BCUT2D eigenvalue weighted by atomic mass is 10.2. The minimum absolute atomic E-state index is 0.0120. The maximum atomic E-state index is 12.2. The van der Waals surface area contributed by atoms with E-state index in [1.54, 1.807) is 30.4 Å². The Bertz CT molecular complexity index is 777. The molecular weight excluding hydrogens is 345 g/mol. The fourth-order valence-corrected chi connectivity index (χ4v) is 2.68. The fraction of sp³-hybridized carbons (Fsp3) is 0.133. The van der Waals surface area contributed by atoms with Gasteiger partial charge in [0.25, 0.3) is 5.69 Å². The summed E-state index contributed by atoms with van der Waals surface area (Å²) >= 11 is 1.31. The van der Waals surface area contributed by atoms with Crippen LogP contribution in [0, 0.1) is 17.0 Å². The quantitative estimate of drug-likeness (QED) is 0.644. The van der Waals surface area contributed by atoms with E-state index in [0.717, 1.165) is 9.79 Å². The first-order valence-electron chi connectivity index (χ1n) is 6.58. The number of nitro groups is 1. The molecule has 2 rings (SSSR count). The topological polar surface area (TPSA) is 72.2 Å². The standard InChI is InChI=1S/C15H11F3N2O3S/c1-9-8-11(20(22)23)4-7-13(9)24-12-5-2-10(3-6-12)19-14(21)15(16,17)18/h2-8H,1H3,(H,19,21). The monoisotopic (exact) mass is 356 g/mol. The third kappa shape index (κ3) is 4.48. The number of hydrogen-bond donors (Lipinski definition) is 1. The van der Waals surface area contributed by atoms with Crippen molar-refractivity contribution in [2.24, 2.45) is 0 Å². The summed E-state index contributed by atoms with van der Waals surface area (Å²) in [6.45, 7) is 1.73. The molecule has 0 saturated carbocycles. The SMILES string of the molecule is Cc1cc([N+](=O)[O-])ccc1Sc1ccc(NC(=O)C(F)(F)F)cc1. The largest absolute Gasteiger partial charge is 0.471 e. The second kappa shape index (κ2) is 6.91. The van der Waals surface area contributed by atoms with Gasteiger partial charge in [0, 0.05) is 27.6 Å². The minimum Gasteiger partial charge on any atom is -0.318 e. The molecule has 0 aliphatic carbocycles. The summed E-state index contributed by atoms with van der Waals surface area (Å²) in [7, 11) is 0. The van der Waals surface area contributed by atoms with Gasteiger partial charge in [-0.2, -0.15) is 13.2 Å². The van der Waals surface area contributed by atoms with Gasteiger partial charge in [-0.3, -0.25) is 14.9 Å². The first-order valence-corrected chi connectivity index (χ1v) is 7.39. The second-order valence-electron chi connectivity index (χ2n) is 4.79. The molecule has 0 saturated heterocycles. The van der Waals surface area contributed by atoms with Crippen LogP contribution in [0.1, 0.15) is 5.56 Å². The number of nitrogens with one attached hydrogen (secondary N) is 1. The molecule has 9 heteroatoms. The van der Waals surface area contributed by atoms with E-state index < -0.39 is 17.0 Å². The highest BCUT2D eigenvalue weighted by Gasteiger charge is 2.38. The Kier molecular flexibility index (Phi) is 5.13. The Labute approximate surface area is 139 Å². The molecule has 2 aromatic rings. The Morgan fingerprint density at radius 2 is 1.79 bits per heavy atom. The van der Waals surface area contributed by atoms with Crippen LogP contribution in [0.15, 0.2) is 52.3 Å². The Morgan fingerprint density at radius 3 is 2.29 bits per heavy atom. The molecule has 0 heterocycles. The number of aryl methyl sites for hydroxylation is 1. The van der Waals surface area contributed by atoms with Gasteiger partial charge in [0.1, 0.15) is 0 Å². The lowest BCUT2D eigenvalue weighted by Gasteiger charge is -2.09. The van der Waals surface area contributed by atoms with Crippen molar-refractivity contribution >= 4 is 29.0 Å². The number of carbonyl (C=O) groups excluding carboxylic acids is 1. The fourth-order valence-electron chi connectivity index (χ4n) is 1.80. The molecule has 0 aromatic heterocycles. The molecule has 24 heavy (non-hydrogen) atoms. The Balaban J connectivity index is 2.09. The lowest BCUT2D eigenvalue weighted by Crippen LogP contribution is -2.29. The zero-order valence-corrected chi connectivity index (χ0v) is 13.1. The number of carbonyl (C=O) groups is 1. The van der Waals surface area contributed by atoms with Crippen molar-refractivity contribution < 1.29 is 22.9 Å². The average Bonchev–Trinajstić information content (AvgIpc) is 2.50. The van der Waals surface area contributed by atoms with Crippen molar-refractivity contribution in [1.29, 1.82) is 0 Å². The van der Waals surface area contributed by atoms with E-state index in [-0.39, 0.29) is 11.4 Å². The van der Waals surface area contributed by atoms with Crippen LogP contribution in [-0.4, -0.2) is 17.0 Å². The van der Waals surface area contributed by atoms with E-state index in [1.807, 2.05) is 0 Å². The number of halogens is 3. The van der Waals surface area contributed by atoms with Crippen LogP contribution in [0.4, 0.5) is 24.5 Å². The third-order valence-electron chi connectivity index (χ3n) is 2.97. The highest BCUT2D eigenvalue weighted by molar-refractivity contribution is 7.99. The highest BCUT2D eigenvalue weighted by atomic mass is 32.2. The predicted molar refractivity (Wildman–Crippen MR) is 83.1 cm³/mol. The van der Waals surface area contributed by atoms with Gasteiger partial charge >= 0.3 is 12.1 Å². The molecule has 1 N–H and O–H groups in total. The van der Waals surface area contributed by atoms with Gasteiger partial charge < -0.3 is 5.32 Å². The molecule has 126 valence electrons. The van der Waals surface area contributed by atoms with E-state index >= 15 is 0 Å². The van der Waals surface area contributed by atoms with Crippen molar-refractivity contribution in [3.05, 3.63) is 58.1 Å². The van der Waals surface area contributed by atoms with E-state index in [1.165, 1.54) is 36.0 Å². The smallest absolute Gasteiger partial charge is 0.318 e. The van der Waals surface area contributed by atoms with Gasteiger partial charge in [0.2, 0.25) is 0 Å². The molecule has 0 aliphatic heterocycles. The van der Waals surface area contributed by atoms with Gasteiger partial charge in [0.05, 0.1) is 4.92 Å². The van der Waals surface area contributed by atoms with Gasteiger partial charge in [-0.25, -0.2) is 0 Å². The van der Waals surface area contributed by atoms with Crippen LogP contribution in [0.25, 0.3) is 0 Å². The zero-order valence-electron chi connectivity index (χ0n) is 12.3. The van der Waals surface area contributed by atoms with Crippen LogP contribution >= 0.6 is 11.8 Å². The zero-order chi connectivity index (χ0) is 17.9. The lowest BCUT2D eigenvalue weighted by molar-refractivity contribution is -0.385. The van der Waals surface area contributed by atoms with Crippen molar-refractivity contribution in [2.45, 2.75) is 22.9 Å². The number of benzene rings is 2. The highest BCUT2D eigenvalue weighted by Crippen LogP contribution is 2.32. The van der Waals surface area contributed by atoms with E-state index in [9.17, 15) is 28.1 Å². The average molecular weight is 356 g/mol. The normalized spacial score (nSPS) is 11.2. The molecule has 1 amide bonds. The summed E-state index contributed by atoms with van der Waals surface area (Å²) in [4.78, 5) is 22.6. The maximum absolute atomic E-state index is 12.2. The van der Waals surface area contributed by atoms with Crippen LogP contribution in [-0.2, 0) is 4.79 Å². The van der Waals surface area contributed by atoms with Crippen molar-refractivity contribution in [1.82, 2.24) is 0 Å². The molecule has 0 fully saturated rings. The number of nitro benzene ring substituents is 1. The van der Waals surface area contributed by atoms with E-state index in [0.29, 0.717) is 5.56 Å². The summed E-state index contributed by atoms with van der Waals surface area (Å²) in [6, 6.07) is 10.2. The third-order valence-corrected chi connectivity index (χ3v) is 4.15. The van der Waals surface area contributed by atoms with E-state index in [2.05, 4.69) is 0 Å². The summed E-state index contributed by atoms with van der Waals surface area (Å²) in [5.41, 5.74) is 0.729. The molecule has 0 unspecified atom stereocenters. The Morgan fingerprint density at radius 1 is 1.17 bits per heavy atom. The van der Waals surface area contributed by atoms with Crippen molar-refractivity contribution in [2.75, 3.05) is 5.32 Å². The number of alkyl halides is 3. The van der Waals surface area contributed by atoms with Gasteiger partial charge in [-0.15, -0.1) is 0 Å². The molecule has 0 spiro atoms. The number of rotatable bonds is 4. The maximum Gasteiger partial charge on any atom is 0.471 e. The van der Waals surface area contributed by atoms with Gasteiger partial charge in [0.15, 0.2) is 0 Å². The molecule has 0 atom stereocenters. The number of amides is 1. The first-order chi connectivity index (χ1) is 11.2. The van der Waals surface area contributed by atoms with Crippen LogP contribution in [0.3, 0.4) is 0 Å². The molecule has 0 aliphatic rings. The summed E-state index contributed by atoms with van der Waals surface area (Å²) < 4.78 is 36.5. The molecule has 0 bridgehead atoms. The van der Waals surface area contributed by atoms with Gasteiger partial charge in [-0.05, 0) is 42.8 Å². The molecule has 5 nitrogen and oxygen atoms in total. The molecule has 0 radical (unpaired) electrons. The van der Waals surface area contributed by atoms with Gasteiger partial charge in [-0.1, -0.05) is 11.8 Å². The van der Waals surface area contributed by atoms with Crippen LogP contribution < -0.4 is 5.32 Å². The van der Waals surface area contributed by atoms with Crippen molar-refractivity contribution in [3.63, 3.8) is 0 Å². The predicted octanol–water partition coefficient (Wildman–Crippen LogP) is 4.56.